The summed E-state index contributed by atoms with van der Waals surface area (Å²) in [5.41, 5.74) is -5.83. The maximum absolute atomic E-state index is 14.3. The zero-order chi connectivity index (χ0) is 31.3. The fourth-order valence-electron chi connectivity index (χ4n) is 4.79. The highest BCUT2D eigenvalue weighted by Gasteiger charge is 2.72. The number of hydrogen-bond acceptors (Lipinski definition) is 6. The zero-order valence-corrected chi connectivity index (χ0v) is 23.0. The lowest BCUT2D eigenvalue weighted by Gasteiger charge is -2.40. The number of ether oxygens (including phenoxy) is 4. The lowest BCUT2D eigenvalue weighted by Crippen LogP contribution is -2.54. The molecule has 230 valence electrons. The molecule has 0 unspecified atom stereocenters. The van der Waals surface area contributed by atoms with Crippen LogP contribution in [0.1, 0.15) is 36.5 Å². The minimum Gasteiger partial charge on any atom is -0.493 e. The lowest BCUT2D eigenvalue weighted by atomic mass is 9.73. The number of halogens is 6. The number of carbonyl (C=O) groups is 2. The molecule has 1 heterocycles. The van der Waals surface area contributed by atoms with E-state index in [9.17, 15) is 35.9 Å². The molecule has 0 amide bonds. The summed E-state index contributed by atoms with van der Waals surface area (Å²) in [7, 11) is 0. The van der Waals surface area contributed by atoms with Gasteiger partial charge in [0.2, 0.25) is 5.41 Å². The van der Waals surface area contributed by atoms with Crippen LogP contribution < -0.4 is 14.2 Å². The Labute approximate surface area is 243 Å². The molecule has 0 radical (unpaired) electrons. The van der Waals surface area contributed by atoms with Gasteiger partial charge in [0.1, 0.15) is 17.2 Å². The minimum absolute atomic E-state index is 0.00423. The second-order valence-electron chi connectivity index (χ2n) is 10.3. The van der Waals surface area contributed by atoms with Gasteiger partial charge >= 0.3 is 18.3 Å². The van der Waals surface area contributed by atoms with Gasteiger partial charge in [-0.1, -0.05) is 43.3 Å². The monoisotopic (exact) mass is 610 g/mol. The molecule has 0 aromatic heterocycles. The number of alkyl halides is 6. The number of hydrogen-bond donors (Lipinski definition) is 0. The molecule has 0 aliphatic carbocycles. The van der Waals surface area contributed by atoms with Gasteiger partial charge in [0.25, 0.3) is 6.47 Å². The van der Waals surface area contributed by atoms with Crippen LogP contribution in [0.15, 0.2) is 72.8 Å². The average molecular weight is 611 g/mol. The van der Waals surface area contributed by atoms with Gasteiger partial charge < -0.3 is 18.9 Å². The van der Waals surface area contributed by atoms with Gasteiger partial charge in [0.05, 0.1) is 25.2 Å². The molecule has 4 rings (SSSR count). The van der Waals surface area contributed by atoms with Crippen LogP contribution in [-0.4, -0.2) is 44.6 Å². The van der Waals surface area contributed by atoms with Crippen molar-refractivity contribution >= 4 is 12.4 Å². The van der Waals surface area contributed by atoms with Crippen LogP contribution in [0.2, 0.25) is 0 Å². The van der Waals surface area contributed by atoms with E-state index in [1.807, 2.05) is 0 Å². The number of benzene rings is 3. The third kappa shape index (κ3) is 6.79. The fourth-order valence-corrected chi connectivity index (χ4v) is 4.79. The largest absolute Gasteiger partial charge is 0.493 e. The number of rotatable bonds is 12. The summed E-state index contributed by atoms with van der Waals surface area (Å²) in [6, 6.07) is 13.0. The van der Waals surface area contributed by atoms with Gasteiger partial charge in [-0.25, -0.2) is 0 Å². The van der Waals surface area contributed by atoms with Gasteiger partial charge in [-0.2, -0.15) is 26.3 Å². The topological polar surface area (TPSA) is 71.1 Å². The molecule has 43 heavy (non-hydrogen) atoms. The van der Waals surface area contributed by atoms with Crippen molar-refractivity contribution in [3.63, 3.8) is 0 Å². The van der Waals surface area contributed by atoms with E-state index in [1.54, 1.807) is 24.3 Å². The predicted molar refractivity (Wildman–Crippen MR) is 142 cm³/mol. The first-order valence-corrected chi connectivity index (χ1v) is 13.3. The molecule has 0 N–H and O–H groups in total. The first-order valence-electron chi connectivity index (χ1n) is 13.3. The highest BCUT2D eigenvalue weighted by Crippen LogP contribution is 2.56. The molecule has 3 aromatic rings. The third-order valence-corrected chi connectivity index (χ3v) is 7.49. The molecule has 1 saturated heterocycles. The maximum atomic E-state index is 14.3. The van der Waals surface area contributed by atoms with Gasteiger partial charge in [-0.3, -0.25) is 9.59 Å². The predicted octanol–water partition coefficient (Wildman–Crippen LogP) is 6.98. The van der Waals surface area contributed by atoms with Crippen molar-refractivity contribution < 1.29 is 54.9 Å². The molecular formula is C31H28F6O6. The highest BCUT2D eigenvalue weighted by atomic mass is 19.4. The maximum Gasteiger partial charge on any atom is 0.411 e. The van der Waals surface area contributed by atoms with Crippen molar-refractivity contribution in [1.82, 2.24) is 0 Å². The molecule has 0 atom stereocenters. The highest BCUT2D eigenvalue weighted by molar-refractivity contribution is 5.72. The molecule has 3 aromatic carbocycles. The van der Waals surface area contributed by atoms with Crippen LogP contribution in [0, 0.1) is 5.41 Å². The average Bonchev–Trinajstić information content (AvgIpc) is 2.93. The van der Waals surface area contributed by atoms with E-state index < -0.39 is 34.9 Å². The van der Waals surface area contributed by atoms with Crippen LogP contribution in [0.5, 0.6) is 17.2 Å². The minimum atomic E-state index is -5.81. The molecule has 0 saturated carbocycles. The SMILES string of the molecule is CCC1(COc2ccc(CCC(=O)Oc3ccc(C(c4ccc(OC=O)cc4)(C(F)(F)F)C(F)(F)F)cc3)cc2)COC1. The smallest absolute Gasteiger partial charge is 0.411 e. The second kappa shape index (κ2) is 12.7. The normalized spacial score (nSPS) is 14.9. The van der Waals surface area contributed by atoms with Crippen molar-refractivity contribution in [3.05, 3.63) is 89.5 Å². The van der Waals surface area contributed by atoms with Gasteiger partial charge in [-0.05, 0) is 65.9 Å². The van der Waals surface area contributed by atoms with Crippen LogP contribution in [0.3, 0.4) is 0 Å². The zero-order valence-electron chi connectivity index (χ0n) is 23.0. The Morgan fingerprint density at radius 3 is 1.77 bits per heavy atom. The summed E-state index contributed by atoms with van der Waals surface area (Å²) in [6.45, 7) is 3.92. The molecule has 12 heteroatoms. The van der Waals surface area contributed by atoms with E-state index in [1.165, 1.54) is 0 Å². The first-order chi connectivity index (χ1) is 20.3. The van der Waals surface area contributed by atoms with E-state index in [0.717, 1.165) is 36.2 Å². The van der Waals surface area contributed by atoms with E-state index in [-0.39, 0.29) is 29.8 Å². The number of carbonyl (C=O) groups excluding carboxylic acids is 2. The molecule has 1 aliphatic heterocycles. The Hall–Kier alpha value is -4.06. The Bertz CT molecular complexity index is 1360. The van der Waals surface area contributed by atoms with E-state index in [2.05, 4.69) is 11.7 Å². The Morgan fingerprint density at radius 2 is 1.33 bits per heavy atom. The summed E-state index contributed by atoms with van der Waals surface area (Å²) in [5, 5.41) is 0. The van der Waals surface area contributed by atoms with Crippen molar-refractivity contribution in [3.8, 4) is 17.2 Å². The van der Waals surface area contributed by atoms with Crippen molar-refractivity contribution in [1.29, 1.82) is 0 Å². The molecule has 0 spiro atoms. The third-order valence-electron chi connectivity index (χ3n) is 7.49. The van der Waals surface area contributed by atoms with Crippen LogP contribution in [-0.2, 0) is 26.2 Å². The molecule has 1 fully saturated rings. The van der Waals surface area contributed by atoms with Crippen molar-refractivity contribution in [2.75, 3.05) is 19.8 Å². The van der Waals surface area contributed by atoms with Crippen LogP contribution in [0.4, 0.5) is 26.3 Å². The van der Waals surface area contributed by atoms with Gasteiger partial charge in [0.15, 0.2) is 0 Å². The lowest BCUT2D eigenvalue weighted by molar-refractivity contribution is -0.288. The van der Waals surface area contributed by atoms with Crippen molar-refractivity contribution in [2.45, 2.75) is 44.0 Å². The van der Waals surface area contributed by atoms with Crippen LogP contribution >= 0.6 is 0 Å². The van der Waals surface area contributed by atoms with Gasteiger partial charge in [-0.15, -0.1) is 0 Å². The van der Waals surface area contributed by atoms with Gasteiger partial charge in [0, 0.05) is 6.42 Å². The second-order valence-corrected chi connectivity index (χ2v) is 10.3. The standard InChI is InChI=1S/C31H28F6O6/c1-2-28(17-40-18-28)19-41-24-10-3-21(4-11-24)5-16-27(39)43-26-14-8-23(9-15-26)29(30(32,33)34,31(35,36)37)22-6-12-25(13-7-22)42-20-38/h3-4,6-15,20H,2,5,16-19H2,1H3. The summed E-state index contributed by atoms with van der Waals surface area (Å²) >= 11 is 0. The molecular weight excluding hydrogens is 582 g/mol. The molecule has 1 aliphatic rings. The van der Waals surface area contributed by atoms with E-state index in [0.29, 0.717) is 56.3 Å². The van der Waals surface area contributed by atoms with E-state index in [4.69, 9.17) is 14.2 Å². The summed E-state index contributed by atoms with van der Waals surface area (Å²) < 4.78 is 107. The van der Waals surface area contributed by atoms with Crippen molar-refractivity contribution in [2.24, 2.45) is 5.41 Å². The fraction of sp³-hybridized carbons (Fsp3) is 0.355. The Kier molecular flexibility index (Phi) is 9.38. The molecule has 0 bridgehead atoms. The number of aryl methyl sites for hydroxylation is 1. The summed E-state index contributed by atoms with van der Waals surface area (Å²) in [5.74, 6) is -0.486. The quantitative estimate of drug-likeness (QED) is 0.0955. The van der Waals surface area contributed by atoms with Crippen LogP contribution in [0.25, 0.3) is 0 Å². The molecule has 6 nitrogen and oxygen atoms in total. The Morgan fingerprint density at radius 1 is 0.814 bits per heavy atom. The van der Waals surface area contributed by atoms with E-state index >= 15 is 0 Å². The number of esters is 1. The Balaban J connectivity index is 1.42. The summed E-state index contributed by atoms with van der Waals surface area (Å²) in [6.07, 6.45) is -10.5. The summed E-state index contributed by atoms with van der Waals surface area (Å²) in [4.78, 5) is 22.9. The first kappa shape index (κ1) is 31.9.